The van der Waals surface area contributed by atoms with E-state index in [1.807, 2.05) is 18.2 Å². The molecular weight excluding hydrogens is 246 g/mol. The van der Waals surface area contributed by atoms with Gasteiger partial charge in [0.25, 0.3) is 0 Å². The first kappa shape index (κ1) is 12.1. The highest BCUT2D eigenvalue weighted by Crippen LogP contribution is 2.47. The van der Waals surface area contributed by atoms with Gasteiger partial charge in [0.15, 0.2) is 5.22 Å². The first-order valence-electron chi connectivity index (χ1n) is 6.61. The Morgan fingerprint density at radius 1 is 1.33 bits per heavy atom. The zero-order valence-corrected chi connectivity index (χ0v) is 11.4. The van der Waals surface area contributed by atoms with Gasteiger partial charge in [0.05, 0.1) is 0 Å². The van der Waals surface area contributed by atoms with Crippen molar-refractivity contribution in [3.63, 3.8) is 0 Å². The standard InChI is InChI=1S/C15H18ClNO/c1-2-15(7-8-15)10-17-9-12-11-5-3-4-6-13(11)18-14(12)16/h3-6,17H,2,7-10H2,1H3. The highest BCUT2D eigenvalue weighted by Gasteiger charge is 2.39. The summed E-state index contributed by atoms with van der Waals surface area (Å²) >= 11 is 6.16. The third-order valence-corrected chi connectivity index (χ3v) is 4.46. The number of hydrogen-bond donors (Lipinski definition) is 1. The monoisotopic (exact) mass is 263 g/mol. The fourth-order valence-electron chi connectivity index (χ4n) is 2.52. The summed E-state index contributed by atoms with van der Waals surface area (Å²) in [6.45, 7) is 4.14. The van der Waals surface area contributed by atoms with E-state index < -0.39 is 0 Å². The fraction of sp³-hybridized carbons (Fsp3) is 0.467. The van der Waals surface area contributed by atoms with Crippen LogP contribution in [0.1, 0.15) is 31.7 Å². The topological polar surface area (TPSA) is 25.2 Å². The Labute approximate surface area is 112 Å². The predicted molar refractivity (Wildman–Crippen MR) is 74.9 cm³/mol. The Morgan fingerprint density at radius 3 is 2.83 bits per heavy atom. The number of fused-ring (bicyclic) bond motifs is 1. The van der Waals surface area contributed by atoms with Gasteiger partial charge in [0.2, 0.25) is 0 Å². The van der Waals surface area contributed by atoms with Gasteiger partial charge in [-0.3, -0.25) is 0 Å². The largest absolute Gasteiger partial charge is 0.444 e. The molecule has 1 aromatic heterocycles. The minimum atomic E-state index is 0.519. The Bertz CT molecular complexity index is 557. The van der Waals surface area contributed by atoms with Crippen molar-refractivity contribution >= 4 is 22.6 Å². The maximum Gasteiger partial charge on any atom is 0.199 e. The Balaban J connectivity index is 1.72. The number of nitrogens with one attached hydrogen (secondary N) is 1. The summed E-state index contributed by atoms with van der Waals surface area (Å²) in [5.74, 6) is 0. The third kappa shape index (κ3) is 2.15. The fourth-order valence-corrected chi connectivity index (χ4v) is 2.77. The van der Waals surface area contributed by atoms with Gasteiger partial charge in [-0.25, -0.2) is 0 Å². The predicted octanol–water partition coefficient (Wildman–Crippen LogP) is 4.37. The van der Waals surface area contributed by atoms with E-state index in [1.54, 1.807) is 0 Å². The molecule has 3 rings (SSSR count). The number of halogens is 1. The van der Waals surface area contributed by atoms with Crippen LogP contribution in [0.25, 0.3) is 11.0 Å². The molecule has 1 aliphatic carbocycles. The zero-order valence-electron chi connectivity index (χ0n) is 10.6. The van der Waals surface area contributed by atoms with Crippen LogP contribution in [0, 0.1) is 5.41 Å². The molecule has 3 heteroatoms. The van der Waals surface area contributed by atoms with Crippen LogP contribution in [0.4, 0.5) is 0 Å². The van der Waals surface area contributed by atoms with E-state index in [0.717, 1.165) is 29.6 Å². The van der Waals surface area contributed by atoms with Gasteiger partial charge >= 0.3 is 0 Å². The molecule has 96 valence electrons. The van der Waals surface area contributed by atoms with Crippen LogP contribution >= 0.6 is 11.6 Å². The van der Waals surface area contributed by atoms with E-state index >= 15 is 0 Å². The van der Waals surface area contributed by atoms with Crippen LogP contribution < -0.4 is 5.32 Å². The highest BCUT2D eigenvalue weighted by atomic mass is 35.5. The van der Waals surface area contributed by atoms with Crippen molar-refractivity contribution in [3.8, 4) is 0 Å². The van der Waals surface area contributed by atoms with Gasteiger partial charge in [-0.2, -0.15) is 0 Å². The molecule has 1 heterocycles. The van der Waals surface area contributed by atoms with Crippen LogP contribution in [0.15, 0.2) is 28.7 Å². The summed E-state index contributed by atoms with van der Waals surface area (Å²) in [4.78, 5) is 0. The van der Waals surface area contributed by atoms with Gasteiger partial charge in [-0.15, -0.1) is 0 Å². The van der Waals surface area contributed by atoms with Crippen LogP contribution in [0.3, 0.4) is 0 Å². The lowest BCUT2D eigenvalue weighted by atomic mass is 10.0. The molecule has 1 fully saturated rings. The quantitative estimate of drug-likeness (QED) is 0.867. The molecule has 2 nitrogen and oxygen atoms in total. The molecule has 1 aliphatic rings. The molecule has 0 aliphatic heterocycles. The summed E-state index contributed by atoms with van der Waals surface area (Å²) in [5, 5.41) is 5.17. The summed E-state index contributed by atoms with van der Waals surface area (Å²) in [7, 11) is 0. The van der Waals surface area contributed by atoms with E-state index in [-0.39, 0.29) is 0 Å². The molecule has 0 radical (unpaired) electrons. The smallest absolute Gasteiger partial charge is 0.199 e. The number of rotatable bonds is 5. The van der Waals surface area contributed by atoms with Crippen molar-refractivity contribution in [2.45, 2.75) is 32.7 Å². The molecule has 0 atom stereocenters. The van der Waals surface area contributed by atoms with Crippen LogP contribution in [-0.4, -0.2) is 6.54 Å². The van der Waals surface area contributed by atoms with Crippen molar-refractivity contribution in [2.75, 3.05) is 6.54 Å². The second kappa shape index (κ2) is 4.60. The first-order valence-corrected chi connectivity index (χ1v) is 6.98. The van der Waals surface area contributed by atoms with Crippen molar-refractivity contribution in [2.24, 2.45) is 5.41 Å². The van der Waals surface area contributed by atoms with Crippen molar-refractivity contribution < 1.29 is 4.42 Å². The van der Waals surface area contributed by atoms with E-state index in [0.29, 0.717) is 10.6 Å². The Hall–Kier alpha value is -0.990. The molecule has 2 aromatic rings. The van der Waals surface area contributed by atoms with Crippen LogP contribution in [-0.2, 0) is 6.54 Å². The zero-order chi connectivity index (χ0) is 12.6. The molecule has 18 heavy (non-hydrogen) atoms. The average molecular weight is 264 g/mol. The van der Waals surface area contributed by atoms with Gasteiger partial charge in [0.1, 0.15) is 5.58 Å². The van der Waals surface area contributed by atoms with Crippen molar-refractivity contribution in [1.29, 1.82) is 0 Å². The van der Waals surface area contributed by atoms with Gasteiger partial charge < -0.3 is 9.73 Å². The Kier molecular flexibility index (Phi) is 3.08. The maximum absolute atomic E-state index is 6.16. The minimum absolute atomic E-state index is 0.519. The molecule has 1 aromatic carbocycles. The van der Waals surface area contributed by atoms with E-state index in [1.165, 1.54) is 19.3 Å². The lowest BCUT2D eigenvalue weighted by Gasteiger charge is -2.12. The summed E-state index contributed by atoms with van der Waals surface area (Å²) in [6, 6.07) is 8.01. The average Bonchev–Trinajstić information content (AvgIpc) is 3.09. The molecule has 0 saturated heterocycles. The normalized spacial score (nSPS) is 17.2. The van der Waals surface area contributed by atoms with Crippen molar-refractivity contribution in [3.05, 3.63) is 35.0 Å². The lowest BCUT2D eigenvalue weighted by molar-refractivity contribution is 0.443. The number of hydrogen-bond acceptors (Lipinski definition) is 2. The third-order valence-electron chi connectivity index (χ3n) is 4.16. The molecule has 0 amide bonds. The van der Waals surface area contributed by atoms with Gasteiger partial charge in [-0.05, 0) is 42.3 Å². The summed E-state index contributed by atoms with van der Waals surface area (Å²) < 4.78 is 5.55. The van der Waals surface area contributed by atoms with Crippen LogP contribution in [0.2, 0.25) is 5.22 Å². The molecule has 0 bridgehead atoms. The van der Waals surface area contributed by atoms with Crippen LogP contribution in [0.5, 0.6) is 0 Å². The summed E-state index contributed by atoms with van der Waals surface area (Å²) in [5.41, 5.74) is 2.52. The van der Waals surface area contributed by atoms with Gasteiger partial charge in [-0.1, -0.05) is 25.1 Å². The Morgan fingerprint density at radius 2 is 2.11 bits per heavy atom. The molecular formula is C15H18ClNO. The van der Waals surface area contributed by atoms with Crippen molar-refractivity contribution in [1.82, 2.24) is 5.32 Å². The van der Waals surface area contributed by atoms with E-state index in [9.17, 15) is 0 Å². The molecule has 1 saturated carbocycles. The van der Waals surface area contributed by atoms with E-state index in [4.69, 9.17) is 16.0 Å². The summed E-state index contributed by atoms with van der Waals surface area (Å²) in [6.07, 6.45) is 3.98. The van der Waals surface area contributed by atoms with E-state index in [2.05, 4.69) is 18.3 Å². The molecule has 1 N–H and O–H groups in total. The second-order valence-corrected chi connectivity index (χ2v) is 5.65. The second-order valence-electron chi connectivity index (χ2n) is 5.31. The first-order chi connectivity index (χ1) is 8.74. The number of para-hydroxylation sites is 1. The lowest BCUT2D eigenvalue weighted by Crippen LogP contribution is -2.23. The van der Waals surface area contributed by atoms with Gasteiger partial charge in [0, 0.05) is 24.0 Å². The molecule has 0 unspecified atom stereocenters. The maximum atomic E-state index is 6.16. The SMILES string of the molecule is CCC1(CNCc2c(Cl)oc3ccccc23)CC1. The number of benzene rings is 1. The number of furan rings is 1. The minimum Gasteiger partial charge on any atom is -0.444 e. The highest BCUT2D eigenvalue weighted by molar-refractivity contribution is 6.30. The molecule has 0 spiro atoms.